The Morgan fingerprint density at radius 3 is 1.64 bits per heavy atom. The van der Waals surface area contributed by atoms with Crippen LogP contribution in [0.2, 0.25) is 0 Å². The van der Waals surface area contributed by atoms with E-state index in [-0.39, 0.29) is 10.8 Å². The quantitative estimate of drug-likeness (QED) is 0.130. The van der Waals surface area contributed by atoms with E-state index < -0.39 is 11.9 Å². The molecule has 2 heterocycles. The zero-order valence-corrected chi connectivity index (χ0v) is 34.1. The van der Waals surface area contributed by atoms with Crippen LogP contribution in [0.3, 0.4) is 0 Å². The maximum atomic E-state index is 11.0. The van der Waals surface area contributed by atoms with Crippen LogP contribution in [0.4, 0.5) is 0 Å². The van der Waals surface area contributed by atoms with Crippen LogP contribution in [0.1, 0.15) is 113 Å². The van der Waals surface area contributed by atoms with Gasteiger partial charge in [-0.1, -0.05) is 93.1 Å². The highest BCUT2D eigenvalue weighted by atomic mass is 32.2. The monoisotopic (exact) mass is 778 g/mol. The second kappa shape index (κ2) is 20.2. The van der Waals surface area contributed by atoms with Crippen molar-refractivity contribution in [2.24, 2.45) is 0 Å². The van der Waals surface area contributed by atoms with Crippen LogP contribution in [-0.2, 0) is 20.3 Å². The molecule has 0 fully saturated rings. The Hall–Kier alpha value is -4.08. The van der Waals surface area contributed by atoms with E-state index in [1.807, 2.05) is 74.0 Å². The van der Waals surface area contributed by atoms with E-state index >= 15 is 0 Å². The van der Waals surface area contributed by atoms with Gasteiger partial charge in [0.05, 0.1) is 24.3 Å². The number of aromatic carboxylic acids is 2. The van der Waals surface area contributed by atoms with Crippen molar-refractivity contribution in [1.29, 1.82) is 0 Å². The molecule has 2 N–H and O–H groups in total. The molecule has 55 heavy (non-hydrogen) atoms. The number of hydrogen-bond acceptors (Lipinski definition) is 6. The molecule has 8 heteroatoms. The van der Waals surface area contributed by atoms with Gasteiger partial charge in [0.2, 0.25) is 0 Å². The van der Waals surface area contributed by atoms with E-state index in [0.717, 1.165) is 67.3 Å². The van der Waals surface area contributed by atoms with Crippen molar-refractivity contribution in [3.63, 3.8) is 0 Å². The summed E-state index contributed by atoms with van der Waals surface area (Å²) in [5.74, 6) is 0.484. The fourth-order valence-corrected chi connectivity index (χ4v) is 9.91. The van der Waals surface area contributed by atoms with Crippen LogP contribution in [-0.4, -0.2) is 60.6 Å². The van der Waals surface area contributed by atoms with E-state index in [9.17, 15) is 9.59 Å². The molecule has 0 saturated heterocycles. The van der Waals surface area contributed by atoms with Gasteiger partial charge in [-0.15, -0.1) is 23.5 Å². The molecule has 6 nitrogen and oxygen atoms in total. The average molecular weight is 779 g/mol. The Kier molecular flexibility index (Phi) is 15.4. The number of ether oxygens (including phenoxy) is 2. The molecule has 0 aliphatic carbocycles. The molecule has 4 aromatic carbocycles. The summed E-state index contributed by atoms with van der Waals surface area (Å²) in [7, 11) is 1.81. The maximum Gasteiger partial charge on any atom is 0.335 e. The van der Waals surface area contributed by atoms with E-state index in [2.05, 4.69) is 62.4 Å². The first-order chi connectivity index (χ1) is 26.6. The van der Waals surface area contributed by atoms with Gasteiger partial charge < -0.3 is 19.7 Å². The molecule has 0 amide bonds. The summed E-state index contributed by atoms with van der Waals surface area (Å²) in [5.41, 5.74) is 7.94. The minimum Gasteiger partial charge on any atom is -0.478 e. The number of hydrogen-bond donors (Lipinski definition) is 2. The molecule has 0 aromatic heterocycles. The maximum absolute atomic E-state index is 11.0. The second-order valence-electron chi connectivity index (χ2n) is 14.6. The number of benzene rings is 4. The summed E-state index contributed by atoms with van der Waals surface area (Å²) in [5, 5.41) is 18.0. The first kappa shape index (κ1) is 42.1. The fourth-order valence-electron chi connectivity index (χ4n) is 7.54. The Labute approximate surface area is 335 Å². The Bertz CT molecular complexity index is 1940. The van der Waals surface area contributed by atoms with Gasteiger partial charge in [-0.05, 0) is 120 Å². The molecule has 2 unspecified atom stereocenters. The van der Waals surface area contributed by atoms with Crippen molar-refractivity contribution in [2.75, 3.05) is 38.4 Å². The third-order valence-electron chi connectivity index (χ3n) is 10.4. The minimum absolute atomic E-state index is 0.0732. The zero-order valence-electron chi connectivity index (χ0n) is 32.5. The van der Waals surface area contributed by atoms with E-state index in [0.29, 0.717) is 11.1 Å². The first-order valence-corrected chi connectivity index (χ1v) is 21.2. The number of carboxylic acid groups (broad SMARTS) is 2. The van der Waals surface area contributed by atoms with Crippen molar-refractivity contribution < 1.29 is 29.3 Å². The number of thioether (sulfide) groups is 2. The van der Waals surface area contributed by atoms with E-state index in [4.69, 9.17) is 19.7 Å². The second-order valence-corrected chi connectivity index (χ2v) is 16.9. The van der Waals surface area contributed by atoms with Gasteiger partial charge in [0.1, 0.15) is 0 Å². The molecule has 4 aromatic rings. The van der Waals surface area contributed by atoms with E-state index in [1.165, 1.54) is 45.7 Å². The Balaban J connectivity index is 0.000000211. The topological polar surface area (TPSA) is 93.1 Å². The van der Waals surface area contributed by atoms with Crippen LogP contribution < -0.4 is 0 Å². The summed E-state index contributed by atoms with van der Waals surface area (Å²) < 4.78 is 11.4. The first-order valence-electron chi connectivity index (χ1n) is 19.2. The highest BCUT2D eigenvalue weighted by Gasteiger charge is 2.35. The van der Waals surface area contributed by atoms with Gasteiger partial charge in [0, 0.05) is 34.3 Å². The van der Waals surface area contributed by atoms with E-state index in [1.54, 1.807) is 24.3 Å². The highest BCUT2D eigenvalue weighted by molar-refractivity contribution is 7.99. The molecule has 6 rings (SSSR count). The standard InChI is InChI=1S/C24H28O3S.C23H26O3S/c1-3-13-24(17-27-2)14-4-15-28-22-16-19(9-12-21(22)24)6-5-18-7-10-20(11-8-18)23(25)26;1-3-26-16-23(2)13-4-14-27-21-15-18(9-12-20(21)23)6-5-17-7-10-19(11-8-17)22(24)25/h5-12,16H,3-4,13-15,17H2,1-2H3,(H,25,26);5-12,15H,3-4,13-14,16H2,1-2H3,(H,24,25)/b2*6-5+. The average Bonchev–Trinajstić information content (AvgIpc) is 3.47. The number of carboxylic acids is 2. The molecular formula is C47H54O6S2. The van der Waals surface area contributed by atoms with Crippen molar-refractivity contribution >= 4 is 59.8 Å². The van der Waals surface area contributed by atoms with Gasteiger partial charge in [0.15, 0.2) is 0 Å². The van der Waals surface area contributed by atoms with Crippen molar-refractivity contribution in [2.45, 2.75) is 79.9 Å². The molecule has 0 spiro atoms. The van der Waals surface area contributed by atoms with Crippen LogP contribution in [0, 0.1) is 0 Å². The lowest BCUT2D eigenvalue weighted by atomic mass is 9.74. The lowest BCUT2D eigenvalue weighted by Gasteiger charge is -2.33. The largest absolute Gasteiger partial charge is 0.478 e. The summed E-state index contributed by atoms with van der Waals surface area (Å²) >= 11 is 3.88. The number of fused-ring (bicyclic) bond motifs is 2. The molecule has 2 atom stereocenters. The number of methoxy groups -OCH3 is 1. The Morgan fingerprint density at radius 1 is 0.673 bits per heavy atom. The van der Waals surface area contributed by atoms with Crippen molar-refractivity contribution in [1.82, 2.24) is 0 Å². The predicted molar refractivity (Wildman–Crippen MR) is 230 cm³/mol. The SMILES string of the molecule is CCCC1(COC)CCCSc2cc(/C=C/c3ccc(C(=O)O)cc3)ccc21.CCOCC1(C)CCCSc2cc(/C=C/c3ccc(C(=O)O)cc3)ccc21. The van der Waals surface area contributed by atoms with Gasteiger partial charge in [-0.25, -0.2) is 9.59 Å². The van der Waals surface area contributed by atoms with Crippen LogP contribution in [0.15, 0.2) is 94.7 Å². The molecular weight excluding hydrogens is 725 g/mol. The van der Waals surface area contributed by atoms with Gasteiger partial charge in [0.25, 0.3) is 0 Å². The molecule has 2 aliphatic rings. The van der Waals surface area contributed by atoms with Crippen molar-refractivity contribution in [3.8, 4) is 0 Å². The molecule has 0 radical (unpaired) electrons. The van der Waals surface area contributed by atoms with Crippen LogP contribution in [0.5, 0.6) is 0 Å². The zero-order chi connectivity index (χ0) is 39.3. The molecule has 0 saturated carbocycles. The van der Waals surface area contributed by atoms with Gasteiger partial charge >= 0.3 is 11.9 Å². The summed E-state index contributed by atoms with van der Waals surface area (Å²) in [4.78, 5) is 24.6. The minimum atomic E-state index is -0.900. The highest BCUT2D eigenvalue weighted by Crippen LogP contribution is 2.44. The van der Waals surface area contributed by atoms with Gasteiger partial charge in [-0.2, -0.15) is 0 Å². The number of rotatable bonds is 13. The molecule has 290 valence electrons. The normalized spacial score (nSPS) is 19.5. The smallest absolute Gasteiger partial charge is 0.335 e. The summed E-state index contributed by atoms with van der Waals surface area (Å²) in [6, 6.07) is 27.3. The van der Waals surface area contributed by atoms with Gasteiger partial charge in [-0.3, -0.25) is 0 Å². The van der Waals surface area contributed by atoms with Crippen molar-refractivity contribution in [3.05, 3.63) is 129 Å². The van der Waals surface area contributed by atoms with Crippen LogP contribution in [0.25, 0.3) is 24.3 Å². The Morgan fingerprint density at radius 2 is 1.15 bits per heavy atom. The predicted octanol–water partition coefficient (Wildman–Crippen LogP) is 11.9. The van der Waals surface area contributed by atoms with Crippen LogP contribution >= 0.6 is 23.5 Å². The number of carbonyl (C=O) groups is 2. The third-order valence-corrected chi connectivity index (χ3v) is 12.7. The summed E-state index contributed by atoms with van der Waals surface area (Å²) in [6.45, 7) is 8.91. The molecule has 0 bridgehead atoms. The fraction of sp³-hybridized carbons (Fsp3) is 0.362. The summed E-state index contributed by atoms with van der Waals surface area (Å²) in [6.07, 6.45) is 15.3. The third kappa shape index (κ3) is 11.3. The lowest BCUT2D eigenvalue weighted by molar-refractivity contribution is 0.0686. The molecule has 2 aliphatic heterocycles. The lowest BCUT2D eigenvalue weighted by Crippen LogP contribution is -2.31.